The van der Waals surface area contributed by atoms with Crippen molar-refractivity contribution in [2.24, 2.45) is 0 Å². The van der Waals surface area contributed by atoms with Crippen LogP contribution in [0.4, 0.5) is 0 Å². The largest absolute Gasteiger partial charge is 0.501 e. The molecule has 0 atom stereocenters. The molecule has 12 aromatic rings. The van der Waals surface area contributed by atoms with Crippen molar-refractivity contribution in [2.75, 3.05) is 0 Å². The Kier molecular flexibility index (Phi) is 9.73. The molecule has 0 bridgehead atoms. The van der Waals surface area contributed by atoms with Gasteiger partial charge in [0.15, 0.2) is 0 Å². The minimum Gasteiger partial charge on any atom is -0.501 e. The van der Waals surface area contributed by atoms with Crippen molar-refractivity contribution in [1.29, 1.82) is 0 Å². The summed E-state index contributed by atoms with van der Waals surface area (Å²) in [7, 11) is 0. The van der Waals surface area contributed by atoms with E-state index >= 15 is 0 Å². The Hall–Kier alpha value is -6.85. The molecule has 4 heterocycles. The molecular weight excluding hydrogens is 1010 g/mol. The molecule has 1 radical (unpaired) electrons. The van der Waals surface area contributed by atoms with E-state index in [-0.39, 0.29) is 54.0 Å². The Labute approximate surface area is 419 Å². The third kappa shape index (κ3) is 7.51. The van der Waals surface area contributed by atoms with Crippen LogP contribution in [0, 0.1) is 25.8 Å². The molecule has 0 fully saturated rings. The van der Waals surface area contributed by atoms with Crippen molar-refractivity contribution in [2.45, 2.75) is 79.4 Å². The van der Waals surface area contributed by atoms with Crippen LogP contribution in [-0.2, 0) is 25.5 Å². The topological polar surface area (TPSA) is 57.0 Å². The maximum Gasteiger partial charge on any atom is 0.140 e. The normalized spacial score (nSPS) is 13.7. The first-order valence-corrected chi connectivity index (χ1v) is 22.9. The second-order valence-electron chi connectivity index (χ2n) is 19.1. The zero-order valence-electron chi connectivity index (χ0n) is 45.0. The van der Waals surface area contributed by atoms with E-state index in [0.717, 1.165) is 71.1 Å². The fourth-order valence-electron chi connectivity index (χ4n) is 9.68. The molecule has 12 rings (SSSR count). The molecule has 0 aliphatic carbocycles. The number of pyridine rings is 1. The van der Waals surface area contributed by atoms with Crippen LogP contribution in [0.15, 0.2) is 155 Å². The summed E-state index contributed by atoms with van der Waals surface area (Å²) in [5, 5.41) is 8.11. The third-order valence-electron chi connectivity index (χ3n) is 13.1. The molecule has 6 heteroatoms. The van der Waals surface area contributed by atoms with E-state index in [4.69, 9.17) is 22.0 Å². The van der Waals surface area contributed by atoms with Crippen LogP contribution >= 0.6 is 0 Å². The summed E-state index contributed by atoms with van der Waals surface area (Å²) in [4.78, 5) is 9.60. The Bertz CT molecular complexity index is 4120. The monoisotopic (exact) mass is 1070 g/mol. The first-order valence-electron chi connectivity index (χ1n) is 25.9. The summed E-state index contributed by atoms with van der Waals surface area (Å²) < 4.78 is 67.4. The van der Waals surface area contributed by atoms with Crippen LogP contribution < -0.4 is 0 Å². The quantitative estimate of drug-likeness (QED) is 0.127. The average molecular weight is 1070 g/mol. The predicted octanol–water partition coefficient (Wildman–Crippen LogP) is 17.3. The first-order chi connectivity index (χ1) is 34.8. The molecule has 0 aliphatic rings. The third-order valence-corrected chi connectivity index (χ3v) is 13.1. The number of imidazole rings is 1. The first kappa shape index (κ1) is 38.2. The second-order valence-corrected chi connectivity index (χ2v) is 19.1. The smallest absolute Gasteiger partial charge is 0.140 e. The van der Waals surface area contributed by atoms with Gasteiger partial charge in [-0.05, 0) is 117 Å². The molecule has 0 N–H and O–H groups in total. The molecule has 0 amide bonds. The molecule has 0 aliphatic heterocycles. The van der Waals surface area contributed by atoms with Crippen molar-refractivity contribution in [3.8, 4) is 28.3 Å². The van der Waals surface area contributed by atoms with E-state index < -0.39 is 13.7 Å². The van der Waals surface area contributed by atoms with E-state index in [1.807, 2.05) is 83.6 Å². The number of furan rings is 2. The second kappa shape index (κ2) is 17.3. The van der Waals surface area contributed by atoms with Gasteiger partial charge in [-0.1, -0.05) is 126 Å². The van der Waals surface area contributed by atoms with Gasteiger partial charge in [0, 0.05) is 61.9 Å². The van der Waals surface area contributed by atoms with Crippen LogP contribution in [0.25, 0.3) is 105 Å². The Morgan fingerprint density at radius 1 is 0.632 bits per heavy atom. The maximum atomic E-state index is 8.86. The van der Waals surface area contributed by atoms with Gasteiger partial charge in [0.1, 0.15) is 16.7 Å². The van der Waals surface area contributed by atoms with Gasteiger partial charge >= 0.3 is 0 Å². The number of para-hydroxylation sites is 1. The fourth-order valence-corrected chi connectivity index (χ4v) is 9.68. The fraction of sp³-hybridized carbons (Fsp3) is 0.194. The van der Waals surface area contributed by atoms with Crippen molar-refractivity contribution in [1.82, 2.24) is 14.5 Å². The molecule has 5 nitrogen and oxygen atoms in total. The zero-order valence-corrected chi connectivity index (χ0v) is 41.4. The van der Waals surface area contributed by atoms with Crippen LogP contribution in [0.1, 0.15) is 96.3 Å². The molecule has 8 aromatic carbocycles. The number of nitrogens with zero attached hydrogens (tertiary/aromatic N) is 3. The van der Waals surface area contributed by atoms with E-state index in [1.54, 1.807) is 6.07 Å². The number of benzene rings is 8. The molecule has 4 aromatic heterocycles. The van der Waals surface area contributed by atoms with E-state index in [1.165, 1.54) is 11.6 Å². The summed E-state index contributed by atoms with van der Waals surface area (Å²) in [5.74, 6) is 0.232. The summed E-state index contributed by atoms with van der Waals surface area (Å²) in [6.45, 7) is 9.50. The van der Waals surface area contributed by atoms with E-state index in [0.29, 0.717) is 39.3 Å². The Morgan fingerprint density at radius 2 is 1.41 bits per heavy atom. The van der Waals surface area contributed by atoms with Gasteiger partial charge in [0.25, 0.3) is 0 Å². The van der Waals surface area contributed by atoms with Crippen LogP contribution in [0.2, 0.25) is 0 Å². The minimum absolute atomic E-state index is 0. The summed E-state index contributed by atoms with van der Waals surface area (Å²) in [6.07, 6.45) is 1.87. The van der Waals surface area contributed by atoms with Crippen molar-refractivity contribution in [3.63, 3.8) is 0 Å². The maximum absolute atomic E-state index is 8.86. The van der Waals surface area contributed by atoms with Crippen molar-refractivity contribution in [3.05, 3.63) is 186 Å². The number of aryl methyl sites for hydroxylation is 2. The molecule has 0 unspecified atom stereocenters. The number of hydrogen-bond acceptors (Lipinski definition) is 4. The molecule has 68 heavy (non-hydrogen) atoms. The standard InChI is InChI=1S/C47H37N2O2.C15H16N.Ir/c1-25(2)35-23-38-32-14-9-10-17-40(32)50-46(38)42(26(3)4)44(35)49-43-28(6)27(5)18-21-39(43)48-47(49)34-16-11-15-33-37-22-30-20-19-29-12-7-8-13-31(29)36(30)24-41(37)51-45(33)34;1-15(2,3)13-9-10-16-14(11-13)12-7-5-4-6-8-12;/h7-15,17-26H,1-6H3;4-7,9-11H,1-3H3;/q2*-1;/i5D3,6D3;;. The zero-order chi connectivity index (χ0) is 51.3. The molecule has 0 saturated carbocycles. The van der Waals surface area contributed by atoms with Gasteiger partial charge in [-0.15, -0.1) is 54.1 Å². The van der Waals surface area contributed by atoms with Crippen molar-refractivity contribution >= 4 is 76.5 Å². The number of fused-ring (bicyclic) bond motifs is 10. The summed E-state index contributed by atoms with van der Waals surface area (Å²) in [5.41, 5.74) is 9.23. The predicted molar refractivity (Wildman–Crippen MR) is 280 cm³/mol. The van der Waals surface area contributed by atoms with Crippen LogP contribution in [0.3, 0.4) is 0 Å². The summed E-state index contributed by atoms with van der Waals surface area (Å²) >= 11 is 0. The van der Waals surface area contributed by atoms with Gasteiger partial charge in [0.2, 0.25) is 0 Å². The van der Waals surface area contributed by atoms with Gasteiger partial charge in [-0.25, -0.2) is 0 Å². The van der Waals surface area contributed by atoms with E-state index in [9.17, 15) is 0 Å². The van der Waals surface area contributed by atoms with E-state index in [2.05, 4.69) is 120 Å². The van der Waals surface area contributed by atoms with Gasteiger partial charge in [0.05, 0.1) is 22.4 Å². The van der Waals surface area contributed by atoms with Crippen LogP contribution in [-0.4, -0.2) is 14.5 Å². The Morgan fingerprint density at radius 3 is 2.18 bits per heavy atom. The van der Waals surface area contributed by atoms with Gasteiger partial charge in [-0.2, -0.15) is 0 Å². The Balaban J connectivity index is 0.000000315. The van der Waals surface area contributed by atoms with Crippen LogP contribution in [0.5, 0.6) is 0 Å². The molecule has 0 spiro atoms. The SMILES string of the molecule is CC(C)(C)c1ccnc(-c2[c-]cccc2)c1.[2H]C([2H])([2H])c1ccc2nc(-c3[c-]ccc4c3oc3cc5c(ccc6ccccc65)cc34)n(-c3c(C(C)C)cc4c(oc5ccccc54)c3C(C)C)c2c1C([2H])([2H])[2H].[Ir]. The minimum atomic E-state index is -2.81. The summed E-state index contributed by atoms with van der Waals surface area (Å²) in [6, 6.07) is 52.4. The molecule has 339 valence electrons. The average Bonchev–Trinajstić information content (AvgIpc) is 4.05. The molecule has 0 saturated heterocycles. The number of hydrogen-bond donors (Lipinski definition) is 0. The molecular formula is C62H53IrN3O2-2. The number of aromatic nitrogens is 3. The van der Waals surface area contributed by atoms with Gasteiger partial charge in [-0.3, -0.25) is 4.98 Å². The van der Waals surface area contributed by atoms with Gasteiger partial charge < -0.3 is 18.4 Å². The number of rotatable bonds is 5. The van der Waals surface area contributed by atoms with Crippen molar-refractivity contribution < 1.29 is 37.2 Å².